The fourth-order valence-electron chi connectivity index (χ4n) is 0.831. The molecule has 0 saturated heterocycles. The third kappa shape index (κ3) is 3.75. The van der Waals surface area contributed by atoms with Crippen molar-refractivity contribution in [1.82, 2.24) is 4.98 Å². The molecular weight excluding hydrogens is 186 g/mol. The van der Waals surface area contributed by atoms with Crippen molar-refractivity contribution in [2.24, 2.45) is 0 Å². The Morgan fingerprint density at radius 1 is 1.43 bits per heavy atom. The Kier molecular flexibility index (Phi) is 3.72. The number of nitrogens with one attached hydrogen (secondary N) is 1. The van der Waals surface area contributed by atoms with E-state index in [1.165, 1.54) is 19.2 Å². The van der Waals surface area contributed by atoms with Gasteiger partial charge in [0, 0.05) is 19.2 Å². The summed E-state index contributed by atoms with van der Waals surface area (Å²) in [5.41, 5.74) is -0.183. The molecule has 14 heavy (non-hydrogen) atoms. The molecule has 5 heteroatoms. The van der Waals surface area contributed by atoms with Crippen LogP contribution in [0.25, 0.3) is 0 Å². The zero-order valence-electron chi connectivity index (χ0n) is 7.78. The van der Waals surface area contributed by atoms with Crippen molar-refractivity contribution >= 4 is 5.97 Å². The number of hydrogen-bond acceptors (Lipinski definition) is 4. The fourth-order valence-corrected chi connectivity index (χ4v) is 0.831. The molecule has 1 aromatic rings. The molecular formula is C9H11NO4. The second-order valence-corrected chi connectivity index (χ2v) is 2.58. The lowest BCUT2D eigenvalue weighted by Gasteiger charge is -2.04. The standard InChI is InChI=1S/C9H11NO4/c1-7(11)13-4-5-14-8-2-3-9(12)10-6-8/h2-3,6H,4-5H2,1H3,(H,10,12). The summed E-state index contributed by atoms with van der Waals surface area (Å²) in [6.45, 7) is 1.81. The summed E-state index contributed by atoms with van der Waals surface area (Å²) in [6.07, 6.45) is 1.45. The van der Waals surface area contributed by atoms with Crippen LogP contribution in [0.5, 0.6) is 5.75 Å². The molecule has 0 atom stereocenters. The number of ether oxygens (including phenoxy) is 2. The highest BCUT2D eigenvalue weighted by molar-refractivity contribution is 5.65. The van der Waals surface area contributed by atoms with Crippen LogP contribution in [0.1, 0.15) is 6.92 Å². The summed E-state index contributed by atoms with van der Waals surface area (Å²) in [5.74, 6) is 0.201. The lowest BCUT2D eigenvalue weighted by Crippen LogP contribution is -2.10. The number of carbonyl (C=O) groups is 1. The highest BCUT2D eigenvalue weighted by atomic mass is 16.6. The number of rotatable bonds is 4. The highest BCUT2D eigenvalue weighted by Gasteiger charge is 1.95. The molecule has 0 aliphatic rings. The monoisotopic (exact) mass is 197 g/mol. The maximum absolute atomic E-state index is 10.7. The molecule has 0 aromatic carbocycles. The van der Waals surface area contributed by atoms with Crippen LogP contribution in [-0.2, 0) is 9.53 Å². The first kappa shape index (κ1) is 10.3. The first-order valence-electron chi connectivity index (χ1n) is 4.13. The molecule has 0 amide bonds. The van der Waals surface area contributed by atoms with Crippen LogP contribution in [-0.4, -0.2) is 24.2 Å². The molecule has 76 valence electrons. The summed E-state index contributed by atoms with van der Waals surface area (Å²) in [4.78, 5) is 23.5. The largest absolute Gasteiger partial charge is 0.489 e. The van der Waals surface area contributed by atoms with E-state index in [2.05, 4.69) is 9.72 Å². The van der Waals surface area contributed by atoms with Gasteiger partial charge < -0.3 is 14.5 Å². The van der Waals surface area contributed by atoms with Gasteiger partial charge in [0.15, 0.2) is 0 Å². The minimum Gasteiger partial charge on any atom is -0.489 e. The predicted molar refractivity (Wildman–Crippen MR) is 49.2 cm³/mol. The van der Waals surface area contributed by atoms with Crippen molar-refractivity contribution in [3.8, 4) is 5.75 Å². The zero-order valence-corrected chi connectivity index (χ0v) is 7.78. The minimum absolute atomic E-state index is 0.183. The number of aromatic nitrogens is 1. The van der Waals surface area contributed by atoms with Gasteiger partial charge in [0.1, 0.15) is 19.0 Å². The Hall–Kier alpha value is -1.78. The van der Waals surface area contributed by atoms with Gasteiger partial charge >= 0.3 is 5.97 Å². The SMILES string of the molecule is CC(=O)OCCOc1ccc(=O)[nH]c1. The average molecular weight is 197 g/mol. The molecule has 0 aliphatic carbocycles. The third-order valence-corrected chi connectivity index (χ3v) is 1.41. The van der Waals surface area contributed by atoms with Gasteiger partial charge in [-0.2, -0.15) is 0 Å². The van der Waals surface area contributed by atoms with Gasteiger partial charge in [-0.25, -0.2) is 0 Å². The molecule has 0 fully saturated rings. The van der Waals surface area contributed by atoms with Crippen molar-refractivity contribution in [2.45, 2.75) is 6.92 Å². The van der Waals surface area contributed by atoms with E-state index < -0.39 is 0 Å². The van der Waals surface area contributed by atoms with Gasteiger partial charge in [0.25, 0.3) is 0 Å². The van der Waals surface area contributed by atoms with E-state index in [0.717, 1.165) is 0 Å². The zero-order chi connectivity index (χ0) is 10.4. The lowest BCUT2D eigenvalue weighted by molar-refractivity contribution is -0.141. The molecule has 0 radical (unpaired) electrons. The van der Waals surface area contributed by atoms with E-state index in [4.69, 9.17) is 4.74 Å². The van der Waals surface area contributed by atoms with Gasteiger partial charge in [-0.3, -0.25) is 9.59 Å². The van der Waals surface area contributed by atoms with Gasteiger partial charge in [0.05, 0.1) is 0 Å². The Balaban J connectivity index is 2.28. The van der Waals surface area contributed by atoms with Crippen LogP contribution in [0, 0.1) is 0 Å². The number of hydrogen-bond donors (Lipinski definition) is 1. The first-order chi connectivity index (χ1) is 6.68. The van der Waals surface area contributed by atoms with E-state index >= 15 is 0 Å². The smallest absolute Gasteiger partial charge is 0.302 e. The van der Waals surface area contributed by atoms with Gasteiger partial charge in [-0.15, -0.1) is 0 Å². The third-order valence-electron chi connectivity index (χ3n) is 1.41. The minimum atomic E-state index is -0.338. The summed E-state index contributed by atoms with van der Waals surface area (Å²) in [5, 5.41) is 0. The van der Waals surface area contributed by atoms with Crippen molar-refractivity contribution in [3.63, 3.8) is 0 Å². The van der Waals surface area contributed by atoms with Gasteiger partial charge in [-0.05, 0) is 6.07 Å². The second kappa shape index (κ2) is 5.06. The normalized spacial score (nSPS) is 9.50. The van der Waals surface area contributed by atoms with Crippen LogP contribution in [0.15, 0.2) is 23.1 Å². The Morgan fingerprint density at radius 2 is 2.21 bits per heavy atom. The molecule has 5 nitrogen and oxygen atoms in total. The molecule has 0 bridgehead atoms. The molecule has 1 heterocycles. The Morgan fingerprint density at radius 3 is 2.79 bits per heavy atom. The first-order valence-corrected chi connectivity index (χ1v) is 4.13. The average Bonchev–Trinajstić information content (AvgIpc) is 2.15. The van der Waals surface area contributed by atoms with Gasteiger partial charge in [-0.1, -0.05) is 0 Å². The summed E-state index contributed by atoms with van der Waals surface area (Å²) >= 11 is 0. The molecule has 1 rings (SSSR count). The summed E-state index contributed by atoms with van der Waals surface area (Å²) in [7, 11) is 0. The number of esters is 1. The molecule has 1 aromatic heterocycles. The van der Waals surface area contributed by atoms with Crippen LogP contribution < -0.4 is 10.3 Å². The number of pyridine rings is 1. The number of carbonyl (C=O) groups excluding carboxylic acids is 1. The van der Waals surface area contributed by atoms with Crippen molar-refractivity contribution < 1.29 is 14.3 Å². The van der Waals surface area contributed by atoms with Crippen LogP contribution >= 0.6 is 0 Å². The fraction of sp³-hybridized carbons (Fsp3) is 0.333. The Labute approximate surface area is 80.7 Å². The van der Waals surface area contributed by atoms with Gasteiger partial charge in [0.2, 0.25) is 5.56 Å². The molecule has 0 spiro atoms. The van der Waals surface area contributed by atoms with E-state index in [9.17, 15) is 9.59 Å². The quantitative estimate of drug-likeness (QED) is 0.557. The van der Waals surface area contributed by atoms with Crippen LogP contribution in [0.2, 0.25) is 0 Å². The topological polar surface area (TPSA) is 68.4 Å². The predicted octanol–water partition coefficient (Wildman–Crippen LogP) is 0.317. The van der Waals surface area contributed by atoms with Crippen LogP contribution in [0.3, 0.4) is 0 Å². The molecule has 0 unspecified atom stereocenters. The second-order valence-electron chi connectivity index (χ2n) is 2.58. The van der Waals surface area contributed by atoms with Crippen LogP contribution in [0.4, 0.5) is 0 Å². The summed E-state index contributed by atoms with van der Waals surface area (Å²) in [6, 6.07) is 2.91. The molecule has 1 N–H and O–H groups in total. The van der Waals surface area contributed by atoms with Crippen molar-refractivity contribution in [2.75, 3.05) is 13.2 Å². The number of aromatic amines is 1. The number of H-pyrrole nitrogens is 1. The molecule has 0 aliphatic heterocycles. The summed E-state index contributed by atoms with van der Waals surface area (Å²) < 4.78 is 9.82. The maximum Gasteiger partial charge on any atom is 0.302 e. The lowest BCUT2D eigenvalue weighted by atomic mass is 10.4. The van der Waals surface area contributed by atoms with E-state index in [1.807, 2.05) is 0 Å². The maximum atomic E-state index is 10.7. The van der Waals surface area contributed by atoms with E-state index in [0.29, 0.717) is 5.75 Å². The highest BCUT2D eigenvalue weighted by Crippen LogP contribution is 2.03. The van der Waals surface area contributed by atoms with Crippen molar-refractivity contribution in [3.05, 3.63) is 28.7 Å². The van der Waals surface area contributed by atoms with E-state index in [-0.39, 0.29) is 24.7 Å². The molecule has 0 saturated carbocycles. The van der Waals surface area contributed by atoms with Crippen molar-refractivity contribution in [1.29, 1.82) is 0 Å². The van der Waals surface area contributed by atoms with E-state index in [1.54, 1.807) is 6.07 Å². The Bertz CT molecular complexity index is 338.